The van der Waals surface area contributed by atoms with Gasteiger partial charge in [0.25, 0.3) is 0 Å². The summed E-state index contributed by atoms with van der Waals surface area (Å²) in [7, 11) is 2.04. The fourth-order valence-electron chi connectivity index (χ4n) is 2.20. The summed E-state index contributed by atoms with van der Waals surface area (Å²) >= 11 is 0. The van der Waals surface area contributed by atoms with Crippen LogP contribution in [0.1, 0.15) is 12.8 Å². The summed E-state index contributed by atoms with van der Waals surface area (Å²) in [4.78, 5) is 16.7. The van der Waals surface area contributed by atoms with Gasteiger partial charge in [-0.1, -0.05) is 0 Å². The smallest absolute Gasteiger partial charge is 0.311 e. The second-order valence-electron chi connectivity index (χ2n) is 4.61. The van der Waals surface area contributed by atoms with Crippen molar-refractivity contribution in [3.8, 4) is 0 Å². The molecule has 1 aliphatic heterocycles. The van der Waals surface area contributed by atoms with Crippen LogP contribution >= 0.6 is 0 Å². The molecule has 0 aliphatic carbocycles. The second-order valence-corrected chi connectivity index (χ2v) is 4.61. The van der Waals surface area contributed by atoms with E-state index in [1.807, 2.05) is 7.05 Å². The first-order chi connectivity index (χ1) is 8.56. The molecule has 3 N–H and O–H groups in total. The molecule has 1 aromatic rings. The minimum absolute atomic E-state index is 0.0302. The molecular weight excluding hydrogens is 234 g/mol. The molecule has 0 bridgehead atoms. The highest BCUT2D eigenvalue weighted by Gasteiger charge is 2.22. The summed E-state index contributed by atoms with van der Waals surface area (Å²) in [5.41, 5.74) is 5.55. The van der Waals surface area contributed by atoms with Gasteiger partial charge in [-0.2, -0.15) is 0 Å². The minimum Gasteiger partial charge on any atom is -0.384 e. The first kappa shape index (κ1) is 12.6. The average molecular weight is 251 g/mol. The Morgan fingerprint density at radius 1 is 1.61 bits per heavy atom. The zero-order chi connectivity index (χ0) is 13.1. The van der Waals surface area contributed by atoms with E-state index < -0.39 is 4.92 Å². The minimum atomic E-state index is -0.443. The van der Waals surface area contributed by atoms with Gasteiger partial charge in [0.15, 0.2) is 0 Å². The monoisotopic (exact) mass is 251 g/mol. The molecule has 2 heterocycles. The van der Waals surface area contributed by atoms with Gasteiger partial charge in [0, 0.05) is 18.7 Å². The van der Waals surface area contributed by atoms with E-state index in [-0.39, 0.29) is 23.4 Å². The Hall–Kier alpha value is -1.89. The van der Waals surface area contributed by atoms with E-state index in [0.717, 1.165) is 25.9 Å². The molecule has 1 aliphatic rings. The van der Waals surface area contributed by atoms with E-state index in [2.05, 4.69) is 15.2 Å². The highest BCUT2D eigenvalue weighted by atomic mass is 16.6. The Morgan fingerprint density at radius 2 is 2.39 bits per heavy atom. The number of nitrogens with zero attached hydrogens (tertiary/aromatic N) is 3. The third-order valence-corrected chi connectivity index (χ3v) is 3.06. The van der Waals surface area contributed by atoms with Crippen LogP contribution in [0.25, 0.3) is 0 Å². The van der Waals surface area contributed by atoms with Crippen molar-refractivity contribution in [2.75, 3.05) is 31.2 Å². The first-order valence-electron chi connectivity index (χ1n) is 5.92. The van der Waals surface area contributed by atoms with Crippen LogP contribution in [-0.2, 0) is 0 Å². The number of nitrogen functional groups attached to an aromatic ring is 1. The predicted octanol–water partition coefficient (Wildman–Crippen LogP) is 1.08. The predicted molar refractivity (Wildman–Crippen MR) is 69.4 cm³/mol. The van der Waals surface area contributed by atoms with E-state index in [0.29, 0.717) is 0 Å². The maximum Gasteiger partial charge on any atom is 0.311 e. The van der Waals surface area contributed by atoms with Crippen molar-refractivity contribution < 1.29 is 4.92 Å². The molecule has 0 spiro atoms. The summed E-state index contributed by atoms with van der Waals surface area (Å²) in [6.45, 7) is 1.91. The molecule has 0 radical (unpaired) electrons. The molecule has 0 saturated carbocycles. The summed E-state index contributed by atoms with van der Waals surface area (Å²) in [6.07, 6.45) is 2.06. The van der Waals surface area contributed by atoms with Crippen molar-refractivity contribution >= 4 is 17.3 Å². The lowest BCUT2D eigenvalue weighted by atomic mass is 10.1. The topological polar surface area (TPSA) is 97.3 Å². The number of likely N-dealkylation sites (N-methyl/N-ethyl adjacent to an activating group) is 1. The number of nitrogens with one attached hydrogen (secondary N) is 1. The number of anilines is 2. The number of likely N-dealkylation sites (tertiary alicyclic amines) is 1. The molecule has 1 aromatic heterocycles. The SMILES string of the molecule is CN1CCCC(Nc2nc(N)ccc2[N+](=O)[O-])C1. The number of hydrogen-bond acceptors (Lipinski definition) is 6. The lowest BCUT2D eigenvalue weighted by Gasteiger charge is -2.30. The Labute approximate surface area is 105 Å². The summed E-state index contributed by atoms with van der Waals surface area (Å²) < 4.78 is 0. The normalized spacial score (nSPS) is 20.6. The van der Waals surface area contributed by atoms with Crippen LogP contribution < -0.4 is 11.1 Å². The maximum absolute atomic E-state index is 10.9. The number of piperidine rings is 1. The lowest BCUT2D eigenvalue weighted by molar-refractivity contribution is -0.384. The highest BCUT2D eigenvalue weighted by molar-refractivity contribution is 5.59. The number of nitro groups is 1. The molecule has 1 saturated heterocycles. The van der Waals surface area contributed by atoms with Gasteiger partial charge >= 0.3 is 5.69 Å². The lowest BCUT2D eigenvalue weighted by Crippen LogP contribution is -2.40. The molecule has 0 amide bonds. The van der Waals surface area contributed by atoms with Gasteiger partial charge in [0.2, 0.25) is 5.82 Å². The summed E-state index contributed by atoms with van der Waals surface area (Å²) in [6, 6.07) is 3.00. The van der Waals surface area contributed by atoms with Gasteiger partial charge in [0.1, 0.15) is 5.82 Å². The van der Waals surface area contributed by atoms with Gasteiger partial charge in [0.05, 0.1) is 4.92 Å². The van der Waals surface area contributed by atoms with Crippen LogP contribution in [0.2, 0.25) is 0 Å². The third kappa shape index (κ3) is 2.86. The van der Waals surface area contributed by atoms with E-state index in [9.17, 15) is 10.1 Å². The van der Waals surface area contributed by atoms with Crippen molar-refractivity contribution in [3.05, 3.63) is 22.2 Å². The van der Waals surface area contributed by atoms with Crippen LogP contribution in [-0.4, -0.2) is 41.0 Å². The molecule has 2 rings (SSSR count). The molecule has 7 nitrogen and oxygen atoms in total. The van der Waals surface area contributed by atoms with Crippen LogP contribution in [0.4, 0.5) is 17.3 Å². The summed E-state index contributed by atoms with van der Waals surface area (Å²) in [5.74, 6) is 0.549. The molecule has 1 atom stereocenters. The molecule has 7 heteroatoms. The molecule has 98 valence electrons. The molecule has 18 heavy (non-hydrogen) atoms. The Balaban J connectivity index is 2.16. The van der Waals surface area contributed by atoms with Gasteiger partial charge < -0.3 is 16.0 Å². The van der Waals surface area contributed by atoms with Crippen molar-refractivity contribution in [1.82, 2.24) is 9.88 Å². The van der Waals surface area contributed by atoms with Crippen molar-refractivity contribution in [1.29, 1.82) is 0 Å². The molecular formula is C11H17N5O2. The van der Waals surface area contributed by atoms with Gasteiger partial charge in [-0.15, -0.1) is 0 Å². The van der Waals surface area contributed by atoms with E-state index in [1.54, 1.807) is 0 Å². The van der Waals surface area contributed by atoms with Gasteiger partial charge in [-0.25, -0.2) is 4.98 Å². The van der Waals surface area contributed by atoms with Crippen LogP contribution in [0.3, 0.4) is 0 Å². The number of rotatable bonds is 3. The summed E-state index contributed by atoms with van der Waals surface area (Å²) in [5, 5.41) is 14.0. The molecule has 1 unspecified atom stereocenters. The van der Waals surface area contributed by atoms with E-state index in [1.165, 1.54) is 12.1 Å². The fourth-order valence-corrected chi connectivity index (χ4v) is 2.20. The van der Waals surface area contributed by atoms with Crippen LogP contribution in [0.5, 0.6) is 0 Å². The second kappa shape index (κ2) is 5.18. The molecule has 1 fully saturated rings. The van der Waals surface area contributed by atoms with E-state index in [4.69, 9.17) is 5.73 Å². The zero-order valence-electron chi connectivity index (χ0n) is 10.3. The zero-order valence-corrected chi connectivity index (χ0v) is 10.3. The van der Waals surface area contributed by atoms with Crippen molar-refractivity contribution in [2.45, 2.75) is 18.9 Å². The average Bonchev–Trinajstić information content (AvgIpc) is 2.28. The Morgan fingerprint density at radius 3 is 3.06 bits per heavy atom. The molecule has 0 aromatic carbocycles. The van der Waals surface area contributed by atoms with Crippen LogP contribution in [0, 0.1) is 10.1 Å². The van der Waals surface area contributed by atoms with Gasteiger partial charge in [-0.05, 0) is 32.5 Å². The number of pyridine rings is 1. The quantitative estimate of drug-likeness (QED) is 0.616. The van der Waals surface area contributed by atoms with Crippen LogP contribution in [0.15, 0.2) is 12.1 Å². The Bertz CT molecular complexity index is 451. The first-order valence-corrected chi connectivity index (χ1v) is 5.92. The van der Waals surface area contributed by atoms with E-state index >= 15 is 0 Å². The van der Waals surface area contributed by atoms with Gasteiger partial charge in [-0.3, -0.25) is 10.1 Å². The number of aromatic nitrogens is 1. The fraction of sp³-hybridized carbons (Fsp3) is 0.545. The number of nitrogens with two attached hydrogens (primary N) is 1. The third-order valence-electron chi connectivity index (χ3n) is 3.06. The van der Waals surface area contributed by atoms with Crippen molar-refractivity contribution in [3.63, 3.8) is 0 Å². The van der Waals surface area contributed by atoms with Crippen molar-refractivity contribution in [2.24, 2.45) is 0 Å². The maximum atomic E-state index is 10.9. The largest absolute Gasteiger partial charge is 0.384 e. The highest BCUT2D eigenvalue weighted by Crippen LogP contribution is 2.25. The Kier molecular flexibility index (Phi) is 3.61. The number of hydrogen-bond donors (Lipinski definition) is 2. The standard InChI is InChI=1S/C11H17N5O2/c1-15-6-2-3-8(7-15)13-11-9(16(17)18)4-5-10(12)14-11/h4-5,8H,2-3,6-7H2,1H3,(H3,12,13,14).